The van der Waals surface area contributed by atoms with E-state index in [1.807, 2.05) is 43.3 Å². The van der Waals surface area contributed by atoms with Crippen molar-refractivity contribution in [3.8, 4) is 11.1 Å². The van der Waals surface area contributed by atoms with Crippen LogP contribution in [0.25, 0.3) is 11.1 Å². The molecule has 0 bridgehead atoms. The largest absolute Gasteiger partial charge is 0.481 e. The number of benzene rings is 2. The Morgan fingerprint density at radius 1 is 1.03 bits per heavy atom. The first-order valence-electron chi connectivity index (χ1n) is 11.6. The second-order valence-electron chi connectivity index (χ2n) is 9.19. The molecule has 1 atom stereocenters. The van der Waals surface area contributed by atoms with Gasteiger partial charge in [-0.1, -0.05) is 48.5 Å². The van der Waals surface area contributed by atoms with Gasteiger partial charge in [-0.25, -0.2) is 4.79 Å². The first-order chi connectivity index (χ1) is 16.3. The number of ether oxygens (including phenoxy) is 1. The smallest absolute Gasteiger partial charge is 0.407 e. The predicted molar refractivity (Wildman–Crippen MR) is 128 cm³/mol. The van der Waals surface area contributed by atoms with E-state index < -0.39 is 18.1 Å². The molecule has 0 radical (unpaired) electrons. The molecule has 0 aliphatic heterocycles. The van der Waals surface area contributed by atoms with Crippen LogP contribution < -0.4 is 5.32 Å². The number of nitrogens with one attached hydrogen (secondary N) is 1. The molecular weight excluding hydrogens is 434 g/mol. The summed E-state index contributed by atoms with van der Waals surface area (Å²) >= 11 is 0. The van der Waals surface area contributed by atoms with Gasteiger partial charge in [0.15, 0.2) is 0 Å². The lowest BCUT2D eigenvalue weighted by Gasteiger charge is -2.29. The number of nitrogens with zero attached hydrogens (tertiary/aromatic N) is 2. The minimum atomic E-state index is -0.952. The predicted octanol–water partition coefficient (Wildman–Crippen LogP) is 2.92. The molecule has 2 aliphatic rings. The first-order valence-corrected chi connectivity index (χ1v) is 11.6. The zero-order valence-electron chi connectivity index (χ0n) is 19.6. The third-order valence-electron chi connectivity index (χ3n) is 6.32. The zero-order chi connectivity index (χ0) is 24.2. The lowest BCUT2D eigenvalue weighted by Crippen LogP contribution is -2.54. The van der Waals surface area contributed by atoms with Crippen molar-refractivity contribution in [3.05, 3.63) is 59.7 Å². The molecule has 0 spiro atoms. The summed E-state index contributed by atoms with van der Waals surface area (Å²) in [7, 11) is 3.64. The lowest BCUT2D eigenvalue weighted by molar-refractivity contribution is -0.139. The minimum Gasteiger partial charge on any atom is -0.481 e. The number of carboxylic acids is 1. The van der Waals surface area contributed by atoms with Gasteiger partial charge in [0.2, 0.25) is 5.91 Å². The van der Waals surface area contributed by atoms with Crippen molar-refractivity contribution >= 4 is 18.0 Å². The number of likely N-dealkylation sites (N-methyl/N-ethyl adjacent to an activating group) is 1. The molecule has 8 heteroatoms. The third-order valence-corrected chi connectivity index (χ3v) is 6.32. The first kappa shape index (κ1) is 23.8. The van der Waals surface area contributed by atoms with Crippen molar-refractivity contribution in [2.45, 2.75) is 37.3 Å². The molecule has 2 aromatic rings. The number of amides is 2. The average molecular weight is 466 g/mol. The van der Waals surface area contributed by atoms with E-state index in [0.717, 1.165) is 35.1 Å². The molecule has 4 rings (SSSR count). The molecule has 1 fully saturated rings. The van der Waals surface area contributed by atoms with E-state index in [-0.39, 0.29) is 37.4 Å². The standard InChI is InChI=1S/C26H31N3O5/c1-28(2)15-23(25(32)29(17-11-12-17)14-13-24(30)31)27-26(33)34-16-22-20-9-5-3-7-18(20)19-8-4-6-10-21(19)22/h3-10,17,22-23H,11-16H2,1-2H3,(H,27,33)(H,30,31)/t23-/m0/s1. The fraction of sp³-hybridized carbons (Fsp3) is 0.423. The molecule has 2 aliphatic carbocycles. The fourth-order valence-electron chi connectivity index (χ4n) is 4.61. The Balaban J connectivity index is 1.42. The van der Waals surface area contributed by atoms with Crippen LogP contribution in [0.2, 0.25) is 0 Å². The van der Waals surface area contributed by atoms with Crippen molar-refractivity contribution in [1.29, 1.82) is 0 Å². The van der Waals surface area contributed by atoms with Crippen molar-refractivity contribution in [2.24, 2.45) is 0 Å². The molecule has 0 saturated heterocycles. The molecule has 8 nitrogen and oxygen atoms in total. The van der Waals surface area contributed by atoms with E-state index in [2.05, 4.69) is 29.6 Å². The molecule has 0 heterocycles. The number of rotatable bonds is 10. The van der Waals surface area contributed by atoms with Crippen LogP contribution in [-0.2, 0) is 14.3 Å². The van der Waals surface area contributed by atoms with Gasteiger partial charge in [-0.2, -0.15) is 0 Å². The van der Waals surface area contributed by atoms with Crippen LogP contribution in [0.15, 0.2) is 48.5 Å². The zero-order valence-corrected chi connectivity index (χ0v) is 19.6. The Hall–Kier alpha value is -3.39. The van der Waals surface area contributed by atoms with Crippen LogP contribution in [-0.4, -0.2) is 78.8 Å². The maximum absolute atomic E-state index is 13.2. The monoisotopic (exact) mass is 465 g/mol. The Morgan fingerprint density at radius 2 is 1.62 bits per heavy atom. The van der Waals surface area contributed by atoms with E-state index in [1.54, 1.807) is 4.90 Å². The van der Waals surface area contributed by atoms with Crippen LogP contribution >= 0.6 is 0 Å². The summed E-state index contributed by atoms with van der Waals surface area (Å²) in [4.78, 5) is 40.5. The van der Waals surface area contributed by atoms with E-state index >= 15 is 0 Å². The average Bonchev–Trinajstić information content (AvgIpc) is 3.59. The van der Waals surface area contributed by atoms with Gasteiger partial charge in [-0.3, -0.25) is 9.59 Å². The maximum Gasteiger partial charge on any atom is 0.407 e. The molecule has 34 heavy (non-hydrogen) atoms. The number of carbonyl (C=O) groups is 3. The van der Waals surface area contributed by atoms with Crippen molar-refractivity contribution in [3.63, 3.8) is 0 Å². The highest BCUT2D eigenvalue weighted by atomic mass is 16.5. The Labute approximate surface area is 199 Å². The van der Waals surface area contributed by atoms with Crippen molar-refractivity contribution in [1.82, 2.24) is 15.1 Å². The highest BCUT2D eigenvalue weighted by Gasteiger charge is 2.37. The molecule has 0 unspecified atom stereocenters. The molecule has 2 aromatic carbocycles. The van der Waals surface area contributed by atoms with E-state index in [9.17, 15) is 14.4 Å². The van der Waals surface area contributed by atoms with Crippen LogP contribution in [0.5, 0.6) is 0 Å². The summed E-state index contributed by atoms with van der Waals surface area (Å²) < 4.78 is 5.62. The molecule has 180 valence electrons. The SMILES string of the molecule is CN(C)C[C@H](NC(=O)OCC1c2ccccc2-c2ccccc21)C(=O)N(CCC(=O)O)C1CC1. The summed E-state index contributed by atoms with van der Waals surface area (Å²) in [5.41, 5.74) is 4.52. The van der Waals surface area contributed by atoms with E-state index in [1.165, 1.54) is 0 Å². The minimum absolute atomic E-state index is 0.0424. The molecular formula is C26H31N3O5. The van der Waals surface area contributed by atoms with Gasteiger partial charge in [0.05, 0.1) is 6.42 Å². The van der Waals surface area contributed by atoms with Gasteiger partial charge in [0.1, 0.15) is 12.6 Å². The van der Waals surface area contributed by atoms with Crippen LogP contribution in [0.1, 0.15) is 36.3 Å². The van der Waals surface area contributed by atoms with E-state index in [4.69, 9.17) is 9.84 Å². The molecule has 1 saturated carbocycles. The van der Waals surface area contributed by atoms with Gasteiger partial charge in [-0.15, -0.1) is 0 Å². The Bertz CT molecular complexity index is 1020. The number of fused-ring (bicyclic) bond motifs is 3. The number of carboxylic acid groups (broad SMARTS) is 1. The summed E-state index contributed by atoms with van der Waals surface area (Å²) in [5, 5.41) is 11.8. The summed E-state index contributed by atoms with van der Waals surface area (Å²) in [6.07, 6.45) is 0.925. The van der Waals surface area contributed by atoms with Crippen LogP contribution in [0, 0.1) is 0 Å². The lowest BCUT2D eigenvalue weighted by atomic mass is 9.98. The Morgan fingerprint density at radius 3 is 2.15 bits per heavy atom. The van der Waals surface area contributed by atoms with Gasteiger partial charge in [0.25, 0.3) is 0 Å². The Kier molecular flexibility index (Phi) is 7.17. The van der Waals surface area contributed by atoms with Gasteiger partial charge < -0.3 is 25.0 Å². The normalized spacial score (nSPS) is 15.4. The fourth-order valence-corrected chi connectivity index (χ4v) is 4.61. The summed E-state index contributed by atoms with van der Waals surface area (Å²) in [5.74, 6) is -1.29. The molecule has 2 amide bonds. The maximum atomic E-state index is 13.2. The summed E-state index contributed by atoms with van der Waals surface area (Å²) in [6, 6.07) is 15.4. The van der Waals surface area contributed by atoms with E-state index in [0.29, 0.717) is 6.54 Å². The van der Waals surface area contributed by atoms with Gasteiger partial charge in [0, 0.05) is 25.0 Å². The van der Waals surface area contributed by atoms with Gasteiger partial charge in [-0.05, 0) is 49.2 Å². The number of hydrogen-bond acceptors (Lipinski definition) is 5. The van der Waals surface area contributed by atoms with Crippen molar-refractivity contribution in [2.75, 3.05) is 33.8 Å². The van der Waals surface area contributed by atoms with Crippen molar-refractivity contribution < 1.29 is 24.2 Å². The van der Waals surface area contributed by atoms with Crippen LogP contribution in [0.3, 0.4) is 0 Å². The number of alkyl carbamates (subject to hydrolysis) is 1. The number of carbonyl (C=O) groups excluding carboxylic acids is 2. The highest BCUT2D eigenvalue weighted by Crippen LogP contribution is 2.44. The quantitative estimate of drug-likeness (QED) is 0.560. The van der Waals surface area contributed by atoms with Crippen LogP contribution in [0.4, 0.5) is 4.79 Å². The molecule has 2 N–H and O–H groups in total. The number of hydrogen-bond donors (Lipinski definition) is 2. The summed E-state index contributed by atoms with van der Waals surface area (Å²) in [6.45, 7) is 0.586. The topological polar surface area (TPSA) is 99.2 Å². The number of aliphatic carboxylic acids is 1. The highest BCUT2D eigenvalue weighted by molar-refractivity contribution is 5.87. The second-order valence-corrected chi connectivity index (χ2v) is 9.19. The molecule has 0 aromatic heterocycles. The second kappa shape index (κ2) is 10.3. The third kappa shape index (κ3) is 5.39. The van der Waals surface area contributed by atoms with Gasteiger partial charge >= 0.3 is 12.1 Å².